The van der Waals surface area contributed by atoms with Gasteiger partial charge in [-0.2, -0.15) is 13.2 Å². The van der Waals surface area contributed by atoms with Crippen LogP contribution in [0.2, 0.25) is 0 Å². The molecule has 0 aliphatic carbocycles. The van der Waals surface area contributed by atoms with Gasteiger partial charge in [0.1, 0.15) is 23.0 Å². The number of carbonyl (C=O) groups excluding carboxylic acids is 1. The number of nitrogens with one attached hydrogen (secondary N) is 1. The summed E-state index contributed by atoms with van der Waals surface area (Å²) >= 11 is 0. The predicted octanol–water partition coefficient (Wildman–Crippen LogP) is 5.91. The van der Waals surface area contributed by atoms with Crippen molar-refractivity contribution in [1.82, 2.24) is 0 Å². The van der Waals surface area contributed by atoms with Gasteiger partial charge in [-0.3, -0.25) is 4.79 Å². The molecule has 1 amide bonds. The number of rotatable bonds is 7. The molecule has 3 aromatic carbocycles. The molecule has 0 saturated carbocycles. The second kappa shape index (κ2) is 9.42. The molecule has 3 aromatic rings. The number of amides is 1. The van der Waals surface area contributed by atoms with Gasteiger partial charge in [-0.1, -0.05) is 0 Å². The molecule has 8 heteroatoms. The van der Waals surface area contributed by atoms with Crippen molar-refractivity contribution in [1.29, 1.82) is 0 Å². The van der Waals surface area contributed by atoms with Gasteiger partial charge in [0.25, 0.3) is 5.91 Å². The van der Waals surface area contributed by atoms with Gasteiger partial charge in [0.15, 0.2) is 6.10 Å². The second-order valence-corrected chi connectivity index (χ2v) is 6.57. The summed E-state index contributed by atoms with van der Waals surface area (Å²) in [6.07, 6.45) is -5.16. The third-order valence-electron chi connectivity index (χ3n) is 4.28. The highest BCUT2D eigenvalue weighted by Crippen LogP contribution is 2.31. The lowest BCUT2D eigenvalue weighted by Gasteiger charge is -2.15. The second-order valence-electron chi connectivity index (χ2n) is 6.57. The Morgan fingerprint density at radius 3 is 1.81 bits per heavy atom. The van der Waals surface area contributed by atoms with Crippen molar-refractivity contribution in [2.24, 2.45) is 0 Å². The molecule has 1 N–H and O–H groups in total. The molecule has 1 atom stereocenters. The van der Waals surface area contributed by atoms with E-state index in [0.717, 1.165) is 12.1 Å². The Kier molecular flexibility index (Phi) is 6.69. The summed E-state index contributed by atoms with van der Waals surface area (Å²) in [5.41, 5.74) is -0.132. The first kappa shape index (κ1) is 22.0. The Labute approximate surface area is 177 Å². The number of hydrogen-bond donors (Lipinski definition) is 1. The highest BCUT2D eigenvalue weighted by molar-refractivity contribution is 5.94. The smallest absolute Gasteiger partial charge is 0.416 e. The van der Waals surface area contributed by atoms with Crippen molar-refractivity contribution in [2.75, 3.05) is 12.4 Å². The summed E-state index contributed by atoms with van der Waals surface area (Å²) in [5.74, 6) is 1.49. The fourth-order valence-electron chi connectivity index (χ4n) is 2.61. The average molecular weight is 431 g/mol. The molecule has 31 heavy (non-hydrogen) atoms. The Balaban J connectivity index is 1.55. The van der Waals surface area contributed by atoms with Crippen molar-refractivity contribution in [3.05, 3.63) is 78.4 Å². The number of methoxy groups -OCH3 is 1. The van der Waals surface area contributed by atoms with Crippen LogP contribution < -0.4 is 19.5 Å². The maximum Gasteiger partial charge on any atom is 0.416 e. The summed E-state index contributed by atoms with van der Waals surface area (Å²) < 4.78 is 54.1. The van der Waals surface area contributed by atoms with E-state index in [1.807, 2.05) is 0 Å². The minimum Gasteiger partial charge on any atom is -0.497 e. The largest absolute Gasteiger partial charge is 0.497 e. The predicted molar refractivity (Wildman–Crippen MR) is 110 cm³/mol. The van der Waals surface area contributed by atoms with Crippen LogP contribution in [0.4, 0.5) is 18.9 Å². The van der Waals surface area contributed by atoms with Gasteiger partial charge in [-0.05, 0) is 79.7 Å². The molecule has 162 valence electrons. The zero-order chi connectivity index (χ0) is 22.4. The van der Waals surface area contributed by atoms with E-state index in [4.69, 9.17) is 14.2 Å². The fraction of sp³-hybridized carbons (Fsp3) is 0.174. The summed E-state index contributed by atoms with van der Waals surface area (Å²) in [6, 6.07) is 17.7. The number of carbonyl (C=O) groups is 1. The Bertz CT molecular complexity index is 1000. The lowest BCUT2D eigenvalue weighted by atomic mass is 10.2. The number of hydrogen-bond acceptors (Lipinski definition) is 4. The third-order valence-corrected chi connectivity index (χ3v) is 4.28. The van der Waals surface area contributed by atoms with Gasteiger partial charge in [-0.25, -0.2) is 0 Å². The number of halogens is 3. The molecule has 0 fully saturated rings. The van der Waals surface area contributed by atoms with Gasteiger partial charge in [0, 0.05) is 5.69 Å². The quantitative estimate of drug-likeness (QED) is 0.505. The van der Waals surface area contributed by atoms with Crippen LogP contribution in [0, 0.1) is 0 Å². The van der Waals surface area contributed by atoms with E-state index < -0.39 is 17.8 Å². The van der Waals surface area contributed by atoms with E-state index in [1.165, 1.54) is 12.1 Å². The summed E-state index contributed by atoms with van der Waals surface area (Å²) in [7, 11) is 1.56. The maximum atomic E-state index is 12.6. The maximum absolute atomic E-state index is 12.6. The Morgan fingerprint density at radius 1 is 0.806 bits per heavy atom. The molecule has 0 saturated heterocycles. The van der Waals surface area contributed by atoms with Crippen LogP contribution in [0.15, 0.2) is 72.8 Å². The van der Waals surface area contributed by atoms with Crippen LogP contribution >= 0.6 is 0 Å². The molecule has 5 nitrogen and oxygen atoms in total. The van der Waals surface area contributed by atoms with Gasteiger partial charge < -0.3 is 19.5 Å². The number of ether oxygens (including phenoxy) is 3. The first-order chi connectivity index (χ1) is 14.7. The fourth-order valence-corrected chi connectivity index (χ4v) is 2.61. The molecule has 0 spiro atoms. The summed E-state index contributed by atoms with van der Waals surface area (Å²) in [5, 5.41) is 2.75. The minimum atomic E-state index is -4.39. The minimum absolute atomic E-state index is 0.272. The van der Waals surface area contributed by atoms with Crippen molar-refractivity contribution in [3.8, 4) is 23.0 Å². The Hall–Kier alpha value is -3.68. The molecular weight excluding hydrogens is 411 g/mol. The number of benzene rings is 3. The first-order valence-corrected chi connectivity index (χ1v) is 9.31. The van der Waals surface area contributed by atoms with E-state index in [0.29, 0.717) is 22.9 Å². The molecule has 3 rings (SSSR count). The SMILES string of the molecule is COc1ccc(NC(=O)[C@H](C)Oc2ccc(Oc3ccc(C(F)(F)F)cc3)cc2)cc1. The van der Waals surface area contributed by atoms with E-state index in [-0.39, 0.29) is 11.7 Å². The van der Waals surface area contributed by atoms with Gasteiger partial charge in [0.2, 0.25) is 0 Å². The van der Waals surface area contributed by atoms with Crippen LogP contribution in [0.3, 0.4) is 0 Å². The van der Waals surface area contributed by atoms with E-state index in [9.17, 15) is 18.0 Å². The van der Waals surface area contributed by atoms with Gasteiger partial charge in [0.05, 0.1) is 12.7 Å². The van der Waals surface area contributed by atoms with Crippen LogP contribution in [-0.4, -0.2) is 19.1 Å². The van der Waals surface area contributed by atoms with E-state index in [1.54, 1.807) is 62.6 Å². The van der Waals surface area contributed by atoms with Crippen LogP contribution in [0.5, 0.6) is 23.0 Å². The normalized spacial score (nSPS) is 12.0. The Morgan fingerprint density at radius 2 is 1.29 bits per heavy atom. The number of anilines is 1. The third kappa shape index (κ3) is 6.15. The van der Waals surface area contributed by atoms with E-state index >= 15 is 0 Å². The zero-order valence-corrected chi connectivity index (χ0v) is 16.8. The molecule has 0 aliphatic rings. The van der Waals surface area contributed by atoms with Crippen LogP contribution in [0.1, 0.15) is 12.5 Å². The van der Waals surface area contributed by atoms with Crippen molar-refractivity contribution < 1.29 is 32.2 Å². The summed E-state index contributed by atoms with van der Waals surface area (Å²) in [4.78, 5) is 12.3. The standard InChI is InChI=1S/C23H20F3NO4/c1-15(22(28)27-17-5-9-18(29-2)10-6-17)30-19-11-13-21(14-12-19)31-20-7-3-16(4-8-20)23(24,25)26/h3-15H,1-2H3,(H,27,28)/t15-/m0/s1. The monoisotopic (exact) mass is 431 g/mol. The highest BCUT2D eigenvalue weighted by atomic mass is 19.4. The van der Waals surface area contributed by atoms with Crippen molar-refractivity contribution >= 4 is 11.6 Å². The number of alkyl halides is 3. The van der Waals surface area contributed by atoms with Gasteiger partial charge in [-0.15, -0.1) is 0 Å². The van der Waals surface area contributed by atoms with Crippen molar-refractivity contribution in [2.45, 2.75) is 19.2 Å². The lowest BCUT2D eigenvalue weighted by Crippen LogP contribution is -2.30. The molecule has 0 aliphatic heterocycles. The molecular formula is C23H20F3NO4. The van der Waals surface area contributed by atoms with Crippen LogP contribution in [0.25, 0.3) is 0 Å². The van der Waals surface area contributed by atoms with Crippen molar-refractivity contribution in [3.63, 3.8) is 0 Å². The van der Waals surface area contributed by atoms with E-state index in [2.05, 4.69) is 5.32 Å². The van der Waals surface area contributed by atoms with Gasteiger partial charge >= 0.3 is 6.18 Å². The molecule has 0 unspecified atom stereocenters. The lowest BCUT2D eigenvalue weighted by molar-refractivity contribution is -0.137. The first-order valence-electron chi connectivity index (χ1n) is 9.31. The molecule has 0 radical (unpaired) electrons. The zero-order valence-electron chi connectivity index (χ0n) is 16.8. The topological polar surface area (TPSA) is 56.8 Å². The molecule has 0 bridgehead atoms. The molecule has 0 heterocycles. The van der Waals surface area contributed by atoms with Crippen LogP contribution in [-0.2, 0) is 11.0 Å². The molecule has 0 aromatic heterocycles. The highest BCUT2D eigenvalue weighted by Gasteiger charge is 2.30. The summed E-state index contributed by atoms with van der Waals surface area (Å²) in [6.45, 7) is 1.62. The average Bonchev–Trinajstić information content (AvgIpc) is 2.75.